The van der Waals surface area contributed by atoms with E-state index in [1.54, 1.807) is 0 Å². The minimum Gasteiger partial charge on any atom is -0.487 e. The molecule has 0 aliphatic heterocycles. The van der Waals surface area contributed by atoms with E-state index in [1.165, 1.54) is 5.56 Å². The molecule has 0 bridgehead atoms. The van der Waals surface area contributed by atoms with Crippen molar-refractivity contribution in [2.45, 2.75) is 40.3 Å². The number of nitrogens with one attached hydrogen (secondary N) is 1. The van der Waals surface area contributed by atoms with Gasteiger partial charge in [0.25, 0.3) is 0 Å². The Morgan fingerprint density at radius 2 is 2.10 bits per heavy atom. The summed E-state index contributed by atoms with van der Waals surface area (Å²) in [7, 11) is 0. The predicted molar refractivity (Wildman–Crippen MR) is 78.8 cm³/mol. The molecule has 1 heterocycles. The van der Waals surface area contributed by atoms with Gasteiger partial charge >= 0.3 is 0 Å². The smallest absolute Gasteiger partial charge is 0.134 e. The van der Waals surface area contributed by atoms with Gasteiger partial charge in [-0.05, 0) is 44.5 Å². The molecule has 2 rings (SSSR count). The molecule has 1 N–H and O–H groups in total. The minimum atomic E-state index is 0.353. The Kier molecular flexibility index (Phi) is 4.79. The molecule has 0 amide bonds. The first kappa shape index (κ1) is 14.6. The Bertz CT molecular complexity index is 563. The van der Waals surface area contributed by atoms with Crippen LogP contribution in [0, 0.1) is 13.8 Å². The van der Waals surface area contributed by atoms with Gasteiger partial charge < -0.3 is 14.6 Å². The number of hydrogen-bond donors (Lipinski definition) is 1. The SMILES string of the molecule is CCNC(C)c1ccc(OCc2cc(C)on2)c(C)c1. The molecule has 0 radical (unpaired) electrons. The van der Waals surface area contributed by atoms with Gasteiger partial charge in [-0.2, -0.15) is 0 Å². The lowest BCUT2D eigenvalue weighted by molar-refractivity contribution is 0.286. The third-order valence-electron chi connectivity index (χ3n) is 3.26. The molecule has 4 nitrogen and oxygen atoms in total. The Morgan fingerprint density at radius 1 is 1.30 bits per heavy atom. The lowest BCUT2D eigenvalue weighted by Crippen LogP contribution is -2.17. The van der Waals surface area contributed by atoms with Crippen LogP contribution >= 0.6 is 0 Å². The summed E-state index contributed by atoms with van der Waals surface area (Å²) in [5.41, 5.74) is 3.22. The van der Waals surface area contributed by atoms with Gasteiger partial charge in [0.05, 0.1) is 0 Å². The van der Waals surface area contributed by atoms with E-state index in [4.69, 9.17) is 9.26 Å². The number of rotatable bonds is 6. The molecule has 4 heteroatoms. The van der Waals surface area contributed by atoms with Gasteiger partial charge in [-0.15, -0.1) is 0 Å². The number of nitrogens with zero attached hydrogens (tertiary/aromatic N) is 1. The average molecular weight is 274 g/mol. The zero-order chi connectivity index (χ0) is 14.5. The van der Waals surface area contributed by atoms with E-state index in [1.807, 2.05) is 19.1 Å². The fourth-order valence-electron chi connectivity index (χ4n) is 2.17. The summed E-state index contributed by atoms with van der Waals surface area (Å²) in [6, 6.07) is 8.52. The molecular formula is C16H22N2O2. The first-order chi connectivity index (χ1) is 9.60. The first-order valence-corrected chi connectivity index (χ1v) is 6.99. The Balaban J connectivity index is 2.02. The van der Waals surface area contributed by atoms with Crippen molar-refractivity contribution in [2.24, 2.45) is 0 Å². The van der Waals surface area contributed by atoms with Gasteiger partial charge in [-0.1, -0.05) is 24.2 Å². The summed E-state index contributed by atoms with van der Waals surface area (Å²) in [6.07, 6.45) is 0. The van der Waals surface area contributed by atoms with Crippen LogP contribution in [0.4, 0.5) is 0 Å². The van der Waals surface area contributed by atoms with Crippen LogP contribution in [0.3, 0.4) is 0 Å². The number of aryl methyl sites for hydroxylation is 2. The van der Waals surface area contributed by atoms with Gasteiger partial charge in [0, 0.05) is 12.1 Å². The highest BCUT2D eigenvalue weighted by atomic mass is 16.5. The average Bonchev–Trinajstić information content (AvgIpc) is 2.83. The maximum atomic E-state index is 5.79. The summed E-state index contributed by atoms with van der Waals surface area (Å²) in [5, 5.41) is 7.33. The monoisotopic (exact) mass is 274 g/mol. The van der Waals surface area contributed by atoms with E-state index in [0.29, 0.717) is 12.6 Å². The number of benzene rings is 1. The number of hydrogen-bond acceptors (Lipinski definition) is 4. The van der Waals surface area contributed by atoms with Crippen LogP contribution in [0.5, 0.6) is 5.75 Å². The zero-order valence-corrected chi connectivity index (χ0v) is 12.6. The van der Waals surface area contributed by atoms with E-state index in [-0.39, 0.29) is 0 Å². The van der Waals surface area contributed by atoms with Crippen molar-refractivity contribution in [3.63, 3.8) is 0 Å². The Hall–Kier alpha value is -1.81. The molecule has 0 aliphatic rings. The minimum absolute atomic E-state index is 0.353. The number of aromatic nitrogens is 1. The molecule has 0 aliphatic carbocycles. The summed E-state index contributed by atoms with van der Waals surface area (Å²) in [4.78, 5) is 0. The summed E-state index contributed by atoms with van der Waals surface area (Å²) < 4.78 is 10.8. The molecule has 1 unspecified atom stereocenters. The largest absolute Gasteiger partial charge is 0.487 e. The van der Waals surface area contributed by atoms with Crippen LogP contribution in [0.15, 0.2) is 28.8 Å². The Labute approximate surface area is 120 Å². The van der Waals surface area contributed by atoms with Crippen molar-refractivity contribution in [1.82, 2.24) is 10.5 Å². The quantitative estimate of drug-likeness (QED) is 0.875. The second-order valence-corrected chi connectivity index (χ2v) is 5.02. The maximum absolute atomic E-state index is 5.79. The van der Waals surface area contributed by atoms with Gasteiger partial charge in [0.2, 0.25) is 0 Å². The van der Waals surface area contributed by atoms with Gasteiger partial charge in [0.1, 0.15) is 23.8 Å². The molecular weight excluding hydrogens is 252 g/mol. The molecule has 1 atom stereocenters. The first-order valence-electron chi connectivity index (χ1n) is 6.99. The fourth-order valence-corrected chi connectivity index (χ4v) is 2.17. The van der Waals surface area contributed by atoms with Crippen LogP contribution in [0.25, 0.3) is 0 Å². The highest BCUT2D eigenvalue weighted by molar-refractivity contribution is 5.37. The van der Waals surface area contributed by atoms with Crippen molar-refractivity contribution in [1.29, 1.82) is 0 Å². The molecule has 0 fully saturated rings. The standard InChI is InChI=1S/C16H22N2O2/c1-5-17-13(4)14-6-7-16(11(2)8-14)19-10-15-9-12(3)20-18-15/h6-9,13,17H,5,10H2,1-4H3. The van der Waals surface area contributed by atoms with Gasteiger partial charge in [-0.3, -0.25) is 0 Å². The topological polar surface area (TPSA) is 47.3 Å². The van der Waals surface area contributed by atoms with Crippen LogP contribution in [0.1, 0.15) is 42.5 Å². The fraction of sp³-hybridized carbons (Fsp3) is 0.438. The van der Waals surface area contributed by atoms with E-state index in [0.717, 1.165) is 29.3 Å². The van der Waals surface area contributed by atoms with Crippen molar-refractivity contribution in [3.05, 3.63) is 46.8 Å². The van der Waals surface area contributed by atoms with E-state index in [2.05, 4.69) is 43.4 Å². The number of ether oxygens (including phenoxy) is 1. The molecule has 0 saturated carbocycles. The van der Waals surface area contributed by atoms with Crippen LogP contribution in [-0.2, 0) is 6.61 Å². The lowest BCUT2D eigenvalue weighted by Gasteiger charge is -2.15. The third-order valence-corrected chi connectivity index (χ3v) is 3.26. The van der Waals surface area contributed by atoms with Gasteiger partial charge in [-0.25, -0.2) is 0 Å². The second-order valence-electron chi connectivity index (χ2n) is 5.02. The van der Waals surface area contributed by atoms with Crippen molar-refractivity contribution in [3.8, 4) is 5.75 Å². The lowest BCUT2D eigenvalue weighted by atomic mass is 10.1. The summed E-state index contributed by atoms with van der Waals surface area (Å²) in [6.45, 7) is 9.60. The maximum Gasteiger partial charge on any atom is 0.134 e. The zero-order valence-electron chi connectivity index (χ0n) is 12.6. The van der Waals surface area contributed by atoms with Crippen LogP contribution < -0.4 is 10.1 Å². The van der Waals surface area contributed by atoms with Crippen LogP contribution in [-0.4, -0.2) is 11.7 Å². The van der Waals surface area contributed by atoms with Gasteiger partial charge in [0.15, 0.2) is 0 Å². The normalized spacial score (nSPS) is 12.4. The second kappa shape index (κ2) is 6.57. The highest BCUT2D eigenvalue weighted by Gasteiger charge is 2.08. The molecule has 108 valence electrons. The van der Waals surface area contributed by atoms with Crippen LogP contribution in [0.2, 0.25) is 0 Å². The predicted octanol–water partition coefficient (Wildman–Crippen LogP) is 3.54. The molecule has 0 saturated heterocycles. The highest BCUT2D eigenvalue weighted by Crippen LogP contribution is 2.23. The molecule has 1 aromatic heterocycles. The van der Waals surface area contributed by atoms with Crippen molar-refractivity contribution >= 4 is 0 Å². The molecule has 0 spiro atoms. The molecule has 20 heavy (non-hydrogen) atoms. The van der Waals surface area contributed by atoms with Crippen molar-refractivity contribution in [2.75, 3.05) is 6.54 Å². The molecule has 1 aromatic carbocycles. The Morgan fingerprint density at radius 3 is 2.70 bits per heavy atom. The third kappa shape index (κ3) is 3.61. The van der Waals surface area contributed by atoms with E-state index in [9.17, 15) is 0 Å². The van der Waals surface area contributed by atoms with Crippen molar-refractivity contribution < 1.29 is 9.26 Å². The van der Waals surface area contributed by atoms with E-state index >= 15 is 0 Å². The molecule has 2 aromatic rings. The summed E-state index contributed by atoms with van der Waals surface area (Å²) in [5.74, 6) is 1.69. The van der Waals surface area contributed by atoms with E-state index < -0.39 is 0 Å². The summed E-state index contributed by atoms with van der Waals surface area (Å²) >= 11 is 0.